The summed E-state index contributed by atoms with van der Waals surface area (Å²) >= 11 is 6.17. The molecule has 0 aliphatic heterocycles. The van der Waals surface area contributed by atoms with Gasteiger partial charge in [-0.1, -0.05) is 48.0 Å². The Balaban J connectivity index is 1.85. The molecular formula is C24H17ClN2O2. The number of rotatable bonds is 6. The van der Waals surface area contributed by atoms with Crippen LogP contribution in [0.4, 0.5) is 0 Å². The second-order valence-corrected chi connectivity index (χ2v) is 6.56. The maximum atomic E-state index is 9.55. The van der Waals surface area contributed by atoms with Crippen LogP contribution in [0.3, 0.4) is 0 Å². The summed E-state index contributed by atoms with van der Waals surface area (Å²) in [5.74, 6) is 1.13. The number of halogens is 1. The smallest absolute Gasteiger partial charge is 0.161 e. The molecule has 5 heteroatoms. The monoisotopic (exact) mass is 400 g/mol. The van der Waals surface area contributed by atoms with E-state index in [1.165, 1.54) is 0 Å². The fourth-order valence-electron chi connectivity index (χ4n) is 2.77. The molecule has 0 aliphatic rings. The zero-order valence-corrected chi connectivity index (χ0v) is 16.5. The average Bonchev–Trinajstić information content (AvgIpc) is 2.77. The molecule has 0 unspecified atom stereocenters. The van der Waals surface area contributed by atoms with Crippen LogP contribution in [-0.4, -0.2) is 7.11 Å². The molecule has 0 spiro atoms. The van der Waals surface area contributed by atoms with Crippen LogP contribution in [0.25, 0.3) is 11.6 Å². The first-order valence-corrected chi connectivity index (χ1v) is 9.19. The van der Waals surface area contributed by atoms with Crippen LogP contribution in [-0.2, 0) is 6.61 Å². The number of hydrogen-bond acceptors (Lipinski definition) is 4. The molecule has 0 saturated heterocycles. The van der Waals surface area contributed by atoms with Crippen molar-refractivity contribution in [3.05, 3.63) is 94.0 Å². The van der Waals surface area contributed by atoms with Crippen molar-refractivity contribution in [2.75, 3.05) is 7.11 Å². The summed E-state index contributed by atoms with van der Waals surface area (Å²) in [6.07, 6.45) is 1.75. The molecule has 0 heterocycles. The van der Waals surface area contributed by atoms with E-state index in [0.29, 0.717) is 39.8 Å². The number of ether oxygens (including phenoxy) is 2. The van der Waals surface area contributed by atoms with Gasteiger partial charge in [-0.2, -0.15) is 10.5 Å². The number of methoxy groups -OCH3 is 1. The van der Waals surface area contributed by atoms with Crippen LogP contribution in [0.1, 0.15) is 22.3 Å². The van der Waals surface area contributed by atoms with Gasteiger partial charge >= 0.3 is 0 Å². The van der Waals surface area contributed by atoms with E-state index in [2.05, 4.69) is 12.1 Å². The van der Waals surface area contributed by atoms with Gasteiger partial charge in [0.25, 0.3) is 0 Å². The Kier molecular flexibility index (Phi) is 6.53. The van der Waals surface area contributed by atoms with Crippen molar-refractivity contribution in [1.29, 1.82) is 10.5 Å². The molecule has 3 rings (SSSR count). The Morgan fingerprint density at radius 3 is 2.55 bits per heavy atom. The number of nitriles is 2. The number of nitrogens with zero attached hydrogens (tertiary/aromatic N) is 2. The molecule has 0 bridgehead atoms. The van der Waals surface area contributed by atoms with Gasteiger partial charge in [0.2, 0.25) is 0 Å². The second kappa shape index (κ2) is 9.46. The lowest BCUT2D eigenvalue weighted by Crippen LogP contribution is -1.98. The molecule has 0 fully saturated rings. The van der Waals surface area contributed by atoms with Gasteiger partial charge in [-0.25, -0.2) is 0 Å². The van der Waals surface area contributed by atoms with E-state index >= 15 is 0 Å². The SMILES string of the molecule is COc1cc(/C=C(/C#N)c2cccc(C#N)c2)ccc1OCc1ccccc1Cl. The van der Waals surface area contributed by atoms with Gasteiger partial charge in [0.1, 0.15) is 6.61 Å². The van der Waals surface area contributed by atoms with E-state index in [1.807, 2.05) is 30.3 Å². The highest BCUT2D eigenvalue weighted by Gasteiger charge is 2.09. The van der Waals surface area contributed by atoms with Crippen molar-refractivity contribution in [1.82, 2.24) is 0 Å². The van der Waals surface area contributed by atoms with E-state index < -0.39 is 0 Å². The van der Waals surface area contributed by atoms with Crippen LogP contribution in [0.5, 0.6) is 11.5 Å². The fraction of sp³-hybridized carbons (Fsp3) is 0.0833. The Labute approximate surface area is 174 Å². The van der Waals surface area contributed by atoms with Crippen molar-refractivity contribution in [3.8, 4) is 23.6 Å². The first-order chi connectivity index (χ1) is 14.1. The first kappa shape index (κ1) is 20.0. The van der Waals surface area contributed by atoms with E-state index in [1.54, 1.807) is 49.6 Å². The molecule has 0 N–H and O–H groups in total. The highest BCUT2D eigenvalue weighted by molar-refractivity contribution is 6.31. The summed E-state index contributed by atoms with van der Waals surface area (Å²) in [6, 6.07) is 24.1. The molecule has 0 atom stereocenters. The van der Waals surface area contributed by atoms with Crippen molar-refractivity contribution < 1.29 is 9.47 Å². The van der Waals surface area contributed by atoms with Crippen molar-refractivity contribution in [2.24, 2.45) is 0 Å². The third-order valence-corrected chi connectivity index (χ3v) is 4.63. The fourth-order valence-corrected chi connectivity index (χ4v) is 2.96. The predicted octanol–water partition coefficient (Wildman–Crippen LogP) is 5.86. The highest BCUT2D eigenvalue weighted by Crippen LogP contribution is 2.31. The summed E-state index contributed by atoms with van der Waals surface area (Å²) in [5.41, 5.74) is 3.30. The van der Waals surface area contributed by atoms with Crippen LogP contribution >= 0.6 is 11.6 Å². The lowest BCUT2D eigenvalue weighted by molar-refractivity contribution is 0.284. The average molecular weight is 401 g/mol. The topological polar surface area (TPSA) is 66.0 Å². The van der Waals surface area contributed by atoms with Crippen LogP contribution in [0, 0.1) is 22.7 Å². The minimum Gasteiger partial charge on any atom is -0.493 e. The predicted molar refractivity (Wildman–Crippen MR) is 113 cm³/mol. The molecular weight excluding hydrogens is 384 g/mol. The van der Waals surface area contributed by atoms with Gasteiger partial charge < -0.3 is 9.47 Å². The van der Waals surface area contributed by atoms with Gasteiger partial charge in [-0.15, -0.1) is 0 Å². The lowest BCUT2D eigenvalue weighted by Gasteiger charge is -2.12. The largest absolute Gasteiger partial charge is 0.493 e. The molecule has 3 aromatic rings. The van der Waals surface area contributed by atoms with Gasteiger partial charge in [0.05, 0.1) is 30.4 Å². The number of benzene rings is 3. The van der Waals surface area contributed by atoms with Gasteiger partial charge in [0, 0.05) is 10.6 Å². The molecule has 0 aliphatic carbocycles. The molecule has 4 nitrogen and oxygen atoms in total. The maximum absolute atomic E-state index is 9.55. The lowest BCUT2D eigenvalue weighted by atomic mass is 10.0. The molecule has 3 aromatic carbocycles. The molecule has 0 amide bonds. The zero-order valence-electron chi connectivity index (χ0n) is 15.7. The Hall–Kier alpha value is -3.73. The number of hydrogen-bond donors (Lipinski definition) is 0. The van der Waals surface area contributed by atoms with Crippen molar-refractivity contribution >= 4 is 23.3 Å². The minimum atomic E-state index is 0.315. The van der Waals surface area contributed by atoms with E-state index in [4.69, 9.17) is 26.3 Å². The summed E-state index contributed by atoms with van der Waals surface area (Å²) in [6.45, 7) is 0.315. The first-order valence-electron chi connectivity index (χ1n) is 8.81. The Morgan fingerprint density at radius 1 is 1.00 bits per heavy atom. The van der Waals surface area contributed by atoms with Gasteiger partial charge in [-0.05, 0) is 47.5 Å². The maximum Gasteiger partial charge on any atom is 0.161 e. The zero-order chi connectivity index (χ0) is 20.6. The Bertz CT molecular complexity index is 1140. The molecule has 142 valence electrons. The summed E-state index contributed by atoms with van der Waals surface area (Å²) < 4.78 is 11.3. The van der Waals surface area contributed by atoms with Gasteiger partial charge in [-0.3, -0.25) is 0 Å². The van der Waals surface area contributed by atoms with Gasteiger partial charge in [0.15, 0.2) is 11.5 Å². The van der Waals surface area contributed by atoms with Crippen LogP contribution in [0.15, 0.2) is 66.7 Å². The standard InChI is InChI=1S/C24H17ClN2O2/c1-28-24-13-17(11-21(15-27)19-7-4-5-18(12-19)14-26)9-10-23(24)29-16-20-6-2-3-8-22(20)25/h2-13H,16H2,1H3/b21-11-. The molecule has 29 heavy (non-hydrogen) atoms. The summed E-state index contributed by atoms with van der Waals surface area (Å²) in [4.78, 5) is 0. The Morgan fingerprint density at radius 2 is 1.83 bits per heavy atom. The normalized spacial score (nSPS) is 10.7. The van der Waals surface area contributed by atoms with Crippen LogP contribution in [0.2, 0.25) is 5.02 Å². The minimum absolute atomic E-state index is 0.315. The quantitative estimate of drug-likeness (QED) is 0.383. The van der Waals surface area contributed by atoms with Crippen LogP contribution < -0.4 is 9.47 Å². The number of allylic oxidation sites excluding steroid dienone is 1. The van der Waals surface area contributed by atoms with E-state index in [0.717, 1.165) is 11.1 Å². The van der Waals surface area contributed by atoms with Crippen molar-refractivity contribution in [3.63, 3.8) is 0 Å². The van der Waals surface area contributed by atoms with E-state index in [9.17, 15) is 5.26 Å². The highest BCUT2D eigenvalue weighted by atomic mass is 35.5. The molecule has 0 saturated carbocycles. The molecule has 0 aromatic heterocycles. The summed E-state index contributed by atoms with van der Waals surface area (Å²) in [7, 11) is 1.56. The summed E-state index contributed by atoms with van der Waals surface area (Å²) in [5, 5.41) is 19.3. The van der Waals surface area contributed by atoms with E-state index in [-0.39, 0.29) is 0 Å². The third-order valence-electron chi connectivity index (χ3n) is 4.26. The second-order valence-electron chi connectivity index (χ2n) is 6.15. The molecule has 0 radical (unpaired) electrons. The van der Waals surface area contributed by atoms with Crippen molar-refractivity contribution in [2.45, 2.75) is 6.61 Å². The third kappa shape index (κ3) is 4.96.